The molecule has 2 atom stereocenters. The van der Waals surface area contributed by atoms with Crippen molar-refractivity contribution < 1.29 is 14.1 Å². The van der Waals surface area contributed by atoms with E-state index >= 15 is 0 Å². The molecule has 1 N–H and O–H groups in total. The van der Waals surface area contributed by atoms with Crippen LogP contribution in [0.5, 0.6) is 0 Å². The summed E-state index contributed by atoms with van der Waals surface area (Å²) in [5.41, 5.74) is 3.64. The molecule has 0 fully saturated rings. The van der Waals surface area contributed by atoms with Crippen molar-refractivity contribution in [1.29, 1.82) is 0 Å². The quantitative estimate of drug-likeness (QED) is 0.579. The first kappa shape index (κ1) is 22.4. The summed E-state index contributed by atoms with van der Waals surface area (Å²) in [7, 11) is 0. The number of benzene rings is 1. The minimum atomic E-state index is -0.589. The fourth-order valence-electron chi connectivity index (χ4n) is 4.29. The van der Waals surface area contributed by atoms with Gasteiger partial charge in [-0.2, -0.15) is 4.98 Å². The van der Waals surface area contributed by atoms with Crippen LogP contribution in [0.1, 0.15) is 49.3 Å². The SMILES string of the molecule is CCOC(=O)C1C(C)=Nc2c(c(Nc3ccc(C)cc3)nc(=O)n2-c2c(C)noc2C)C1C. The average molecular weight is 450 g/mol. The van der Waals surface area contributed by atoms with Crippen LogP contribution in [-0.4, -0.2) is 33.0 Å². The second-order valence-electron chi connectivity index (χ2n) is 8.25. The minimum absolute atomic E-state index is 0.271. The lowest BCUT2D eigenvalue weighted by Gasteiger charge is -2.30. The van der Waals surface area contributed by atoms with Crippen LogP contribution in [0.4, 0.5) is 17.3 Å². The molecule has 0 bridgehead atoms. The van der Waals surface area contributed by atoms with Crippen LogP contribution in [0.25, 0.3) is 5.69 Å². The molecular formula is C24H27N5O4. The van der Waals surface area contributed by atoms with E-state index in [0.29, 0.717) is 40.1 Å². The van der Waals surface area contributed by atoms with Crippen LogP contribution >= 0.6 is 0 Å². The Morgan fingerprint density at radius 2 is 1.88 bits per heavy atom. The lowest BCUT2D eigenvalue weighted by atomic mass is 9.82. The molecule has 2 aromatic heterocycles. The predicted molar refractivity (Wildman–Crippen MR) is 125 cm³/mol. The third-order valence-electron chi connectivity index (χ3n) is 5.87. The first-order valence-corrected chi connectivity index (χ1v) is 10.9. The molecule has 0 saturated heterocycles. The van der Waals surface area contributed by atoms with E-state index in [4.69, 9.17) is 14.3 Å². The summed E-state index contributed by atoms with van der Waals surface area (Å²) in [4.78, 5) is 35.1. The van der Waals surface area contributed by atoms with Gasteiger partial charge in [-0.1, -0.05) is 29.8 Å². The number of aryl methyl sites for hydroxylation is 3. The molecule has 1 aromatic carbocycles. The maximum absolute atomic E-state index is 13.3. The molecule has 172 valence electrons. The molecule has 9 nitrogen and oxygen atoms in total. The van der Waals surface area contributed by atoms with Crippen molar-refractivity contribution in [1.82, 2.24) is 14.7 Å². The fraction of sp³-hybridized carbons (Fsp3) is 0.375. The predicted octanol–water partition coefficient (Wildman–Crippen LogP) is 4.28. The molecule has 9 heteroatoms. The van der Waals surface area contributed by atoms with Crippen LogP contribution in [-0.2, 0) is 9.53 Å². The standard InChI is InChI=1S/C24H27N5O4/c1-7-32-23(30)18-13(3)19-21(26-17-10-8-12(2)9-11-17)27-24(31)29(22(19)25-14(18)4)20-15(5)28-33-16(20)6/h8-11,13,18H,7H2,1-6H3,(H,26,27,31). The third kappa shape index (κ3) is 3.94. The summed E-state index contributed by atoms with van der Waals surface area (Å²) in [6.07, 6.45) is 0. The molecule has 0 spiro atoms. The Morgan fingerprint density at radius 1 is 1.18 bits per heavy atom. The lowest BCUT2D eigenvalue weighted by Crippen LogP contribution is -2.35. The van der Waals surface area contributed by atoms with E-state index in [1.807, 2.05) is 38.1 Å². The Kier molecular flexibility index (Phi) is 5.88. The third-order valence-corrected chi connectivity index (χ3v) is 5.87. The minimum Gasteiger partial charge on any atom is -0.465 e. The number of anilines is 2. The number of hydrogen-bond acceptors (Lipinski definition) is 8. The molecule has 1 aliphatic heterocycles. The van der Waals surface area contributed by atoms with E-state index in [1.54, 1.807) is 27.7 Å². The number of aromatic nitrogens is 3. The molecule has 3 aromatic rings. The highest BCUT2D eigenvalue weighted by Gasteiger charge is 2.39. The highest BCUT2D eigenvalue weighted by molar-refractivity contribution is 6.04. The molecule has 0 radical (unpaired) electrons. The zero-order chi connectivity index (χ0) is 23.9. The normalized spacial score (nSPS) is 17.3. The maximum Gasteiger partial charge on any atom is 0.356 e. The number of nitrogens with one attached hydrogen (secondary N) is 1. The number of fused-ring (bicyclic) bond motifs is 1. The first-order valence-electron chi connectivity index (χ1n) is 10.9. The summed E-state index contributed by atoms with van der Waals surface area (Å²) in [6, 6.07) is 7.75. The summed E-state index contributed by atoms with van der Waals surface area (Å²) in [5.74, 6) is -0.0404. The van der Waals surface area contributed by atoms with Gasteiger partial charge in [-0.15, -0.1) is 0 Å². The molecule has 1 aliphatic rings. The number of hydrogen-bond donors (Lipinski definition) is 1. The van der Waals surface area contributed by atoms with Crippen molar-refractivity contribution in [2.24, 2.45) is 10.9 Å². The van der Waals surface area contributed by atoms with Crippen molar-refractivity contribution >= 4 is 29.0 Å². The summed E-state index contributed by atoms with van der Waals surface area (Å²) in [5, 5.41) is 7.24. The highest BCUT2D eigenvalue weighted by Crippen LogP contribution is 2.43. The molecule has 33 heavy (non-hydrogen) atoms. The number of ether oxygens (including phenoxy) is 1. The average Bonchev–Trinajstić information content (AvgIpc) is 3.08. The maximum atomic E-state index is 13.3. The molecule has 0 amide bonds. The molecule has 4 rings (SSSR count). The number of rotatable bonds is 5. The number of carbonyl (C=O) groups is 1. The van der Waals surface area contributed by atoms with E-state index in [9.17, 15) is 9.59 Å². The second-order valence-corrected chi connectivity index (χ2v) is 8.25. The Labute approximate surface area is 191 Å². The van der Waals surface area contributed by atoms with Gasteiger partial charge in [-0.25, -0.2) is 14.4 Å². The molecule has 0 saturated carbocycles. The zero-order valence-corrected chi connectivity index (χ0v) is 19.6. The van der Waals surface area contributed by atoms with Crippen LogP contribution in [0, 0.1) is 26.7 Å². The van der Waals surface area contributed by atoms with E-state index in [-0.39, 0.29) is 18.5 Å². The van der Waals surface area contributed by atoms with Crippen molar-refractivity contribution in [3.05, 3.63) is 57.3 Å². The zero-order valence-electron chi connectivity index (χ0n) is 19.6. The van der Waals surface area contributed by atoms with E-state index < -0.39 is 11.6 Å². The Bertz CT molecular complexity index is 1280. The highest BCUT2D eigenvalue weighted by atomic mass is 16.5. The van der Waals surface area contributed by atoms with Gasteiger partial charge in [0.05, 0.1) is 6.61 Å². The topological polar surface area (TPSA) is 112 Å². The summed E-state index contributed by atoms with van der Waals surface area (Å²) < 4.78 is 12.0. The van der Waals surface area contributed by atoms with Gasteiger partial charge >= 0.3 is 11.7 Å². The number of nitrogens with zero attached hydrogens (tertiary/aromatic N) is 4. The summed E-state index contributed by atoms with van der Waals surface area (Å²) in [6.45, 7) is 11.2. The number of esters is 1. The van der Waals surface area contributed by atoms with Gasteiger partial charge in [0.25, 0.3) is 0 Å². The van der Waals surface area contributed by atoms with Gasteiger partial charge < -0.3 is 14.6 Å². The second kappa shape index (κ2) is 8.65. The van der Waals surface area contributed by atoms with Gasteiger partial charge in [0.1, 0.15) is 28.9 Å². The van der Waals surface area contributed by atoms with Crippen molar-refractivity contribution in [2.45, 2.75) is 47.5 Å². The molecule has 3 heterocycles. The van der Waals surface area contributed by atoms with Gasteiger partial charge in [0.15, 0.2) is 5.76 Å². The fourth-order valence-corrected chi connectivity index (χ4v) is 4.29. The van der Waals surface area contributed by atoms with Crippen molar-refractivity contribution in [2.75, 3.05) is 11.9 Å². The molecular weight excluding hydrogens is 422 g/mol. The first-order chi connectivity index (χ1) is 15.7. The van der Waals surface area contributed by atoms with Crippen molar-refractivity contribution in [3.8, 4) is 5.69 Å². The Hall–Kier alpha value is -3.75. The van der Waals surface area contributed by atoms with Gasteiger partial charge in [-0.3, -0.25) is 4.79 Å². The van der Waals surface area contributed by atoms with Gasteiger partial charge in [0.2, 0.25) is 0 Å². The van der Waals surface area contributed by atoms with E-state index in [2.05, 4.69) is 15.5 Å². The van der Waals surface area contributed by atoms with Crippen LogP contribution in [0.15, 0.2) is 38.6 Å². The number of carbonyl (C=O) groups excluding carboxylic acids is 1. The molecule has 0 aliphatic carbocycles. The van der Waals surface area contributed by atoms with Crippen LogP contribution in [0.2, 0.25) is 0 Å². The van der Waals surface area contributed by atoms with E-state index in [0.717, 1.165) is 11.3 Å². The van der Waals surface area contributed by atoms with Crippen LogP contribution < -0.4 is 11.0 Å². The van der Waals surface area contributed by atoms with Gasteiger partial charge in [0, 0.05) is 22.9 Å². The lowest BCUT2D eigenvalue weighted by molar-refractivity contribution is -0.146. The van der Waals surface area contributed by atoms with Crippen molar-refractivity contribution in [3.63, 3.8) is 0 Å². The van der Waals surface area contributed by atoms with E-state index in [1.165, 1.54) is 4.57 Å². The van der Waals surface area contributed by atoms with Crippen LogP contribution in [0.3, 0.4) is 0 Å². The summed E-state index contributed by atoms with van der Waals surface area (Å²) >= 11 is 0. The smallest absolute Gasteiger partial charge is 0.356 e. The van der Waals surface area contributed by atoms with Gasteiger partial charge in [-0.05, 0) is 46.8 Å². The Morgan fingerprint density at radius 3 is 2.48 bits per heavy atom. The molecule has 2 unspecified atom stereocenters. The largest absolute Gasteiger partial charge is 0.465 e. The monoisotopic (exact) mass is 449 g/mol. The number of aliphatic imine (C=N–C) groups is 1. The Balaban J connectivity index is 1.97.